The predicted molar refractivity (Wildman–Crippen MR) is 123 cm³/mol. The van der Waals surface area contributed by atoms with Crippen molar-refractivity contribution in [3.63, 3.8) is 0 Å². The molecule has 3 aromatic carbocycles. The summed E-state index contributed by atoms with van der Waals surface area (Å²) >= 11 is 6.30. The molecule has 3 aromatic rings. The molecule has 0 spiro atoms. The van der Waals surface area contributed by atoms with Crippen LogP contribution >= 0.6 is 11.6 Å². The van der Waals surface area contributed by atoms with Gasteiger partial charge in [-0.3, -0.25) is 4.79 Å². The highest BCUT2D eigenvalue weighted by molar-refractivity contribution is 7.89. The number of alkyl halides is 3. The average Bonchev–Trinajstić information content (AvgIpc) is 2.80. The Kier molecular flexibility index (Phi) is 6.90. The van der Waals surface area contributed by atoms with Gasteiger partial charge >= 0.3 is 6.18 Å². The molecule has 1 amide bonds. The fraction of sp³-hybridized carbons (Fsp3) is 0.208. The molecule has 0 bridgehead atoms. The Morgan fingerprint density at radius 2 is 1.77 bits per heavy atom. The van der Waals surface area contributed by atoms with Crippen LogP contribution in [0, 0.1) is 5.82 Å². The van der Waals surface area contributed by atoms with Gasteiger partial charge in [0, 0.05) is 13.1 Å². The van der Waals surface area contributed by atoms with Crippen LogP contribution in [-0.4, -0.2) is 25.2 Å². The summed E-state index contributed by atoms with van der Waals surface area (Å²) in [7, 11) is -3.71. The quantitative estimate of drug-likeness (QED) is 0.451. The maximum Gasteiger partial charge on any atom is 0.419 e. The standard InChI is InChI=1S/C24H19ClF4N2O3S/c25-20-9-7-16-14-31(35(33,34)17-4-2-1-3-5-17)11-10-18(16)23(20)30-22(32)13-15-6-8-19(21(26)12-15)24(27,28)29/h1-9,12H,10-11,13-14H2,(H,30,32). The number of nitrogens with one attached hydrogen (secondary N) is 1. The van der Waals surface area contributed by atoms with Crippen LogP contribution in [0.3, 0.4) is 0 Å². The number of benzene rings is 3. The molecule has 0 aliphatic carbocycles. The van der Waals surface area contributed by atoms with Gasteiger partial charge in [0.15, 0.2) is 0 Å². The first-order chi connectivity index (χ1) is 16.5. The second-order valence-corrected chi connectivity index (χ2v) is 10.3. The van der Waals surface area contributed by atoms with E-state index in [9.17, 15) is 30.8 Å². The van der Waals surface area contributed by atoms with Crippen molar-refractivity contribution in [2.45, 2.75) is 30.5 Å². The lowest BCUT2D eigenvalue weighted by molar-refractivity contribution is -0.140. The highest BCUT2D eigenvalue weighted by Crippen LogP contribution is 2.35. The first-order valence-corrected chi connectivity index (χ1v) is 12.3. The number of amides is 1. The summed E-state index contributed by atoms with van der Waals surface area (Å²) in [6, 6.07) is 13.6. The summed E-state index contributed by atoms with van der Waals surface area (Å²) in [5.74, 6) is -2.06. The highest BCUT2D eigenvalue weighted by atomic mass is 35.5. The maximum atomic E-state index is 13.8. The first-order valence-electron chi connectivity index (χ1n) is 10.5. The molecule has 1 N–H and O–H groups in total. The fourth-order valence-electron chi connectivity index (χ4n) is 3.95. The summed E-state index contributed by atoms with van der Waals surface area (Å²) in [6.07, 6.45) is -4.92. The molecule has 4 rings (SSSR count). The molecule has 1 aliphatic heterocycles. The van der Waals surface area contributed by atoms with Gasteiger partial charge in [0.05, 0.1) is 27.6 Å². The van der Waals surface area contributed by atoms with Crippen molar-refractivity contribution in [1.82, 2.24) is 4.31 Å². The Bertz CT molecular complexity index is 1380. The minimum atomic E-state index is -4.83. The summed E-state index contributed by atoms with van der Waals surface area (Å²) < 4.78 is 79.4. The van der Waals surface area contributed by atoms with E-state index in [4.69, 9.17) is 11.6 Å². The maximum absolute atomic E-state index is 13.8. The van der Waals surface area contributed by atoms with Crippen molar-refractivity contribution < 1.29 is 30.8 Å². The third-order valence-electron chi connectivity index (χ3n) is 5.67. The minimum Gasteiger partial charge on any atom is -0.324 e. The van der Waals surface area contributed by atoms with Crippen LogP contribution in [0.15, 0.2) is 65.6 Å². The molecule has 1 heterocycles. The summed E-state index contributed by atoms with van der Waals surface area (Å²) in [6.45, 7) is 0.244. The Hall–Kier alpha value is -2.95. The topological polar surface area (TPSA) is 66.5 Å². The second-order valence-electron chi connectivity index (χ2n) is 8.00. The zero-order valence-electron chi connectivity index (χ0n) is 18.1. The molecule has 35 heavy (non-hydrogen) atoms. The van der Waals surface area contributed by atoms with Gasteiger partial charge in [0.2, 0.25) is 15.9 Å². The summed E-state index contributed by atoms with van der Waals surface area (Å²) in [4.78, 5) is 12.8. The average molecular weight is 527 g/mol. The molecule has 184 valence electrons. The second kappa shape index (κ2) is 9.60. The zero-order valence-corrected chi connectivity index (χ0v) is 19.6. The number of halogens is 5. The summed E-state index contributed by atoms with van der Waals surface area (Å²) in [5, 5.41) is 2.88. The van der Waals surface area contributed by atoms with E-state index in [2.05, 4.69) is 5.32 Å². The van der Waals surface area contributed by atoms with Crippen molar-refractivity contribution in [3.8, 4) is 0 Å². The largest absolute Gasteiger partial charge is 0.419 e. The van der Waals surface area contributed by atoms with Gasteiger partial charge in [-0.1, -0.05) is 41.9 Å². The van der Waals surface area contributed by atoms with E-state index in [0.717, 1.165) is 6.07 Å². The number of carbonyl (C=O) groups excluding carboxylic acids is 1. The Labute approximate surface area is 204 Å². The molecule has 11 heteroatoms. The van der Waals surface area contributed by atoms with Crippen molar-refractivity contribution in [3.05, 3.63) is 93.8 Å². The molecule has 0 unspecified atom stereocenters. The number of carbonyl (C=O) groups is 1. The molecule has 0 aromatic heterocycles. The van der Waals surface area contributed by atoms with Gasteiger partial charge in [0.1, 0.15) is 5.82 Å². The highest BCUT2D eigenvalue weighted by Gasteiger charge is 2.34. The third kappa shape index (κ3) is 5.34. The van der Waals surface area contributed by atoms with Crippen LogP contribution in [0.2, 0.25) is 5.02 Å². The Balaban J connectivity index is 1.52. The number of hydrogen-bond acceptors (Lipinski definition) is 3. The van der Waals surface area contributed by atoms with Crippen LogP contribution in [-0.2, 0) is 40.4 Å². The zero-order chi connectivity index (χ0) is 25.4. The molecule has 0 radical (unpaired) electrons. The van der Waals surface area contributed by atoms with E-state index in [0.29, 0.717) is 28.9 Å². The predicted octanol–water partition coefficient (Wildman–Crippen LogP) is 5.43. The SMILES string of the molecule is O=C(Cc1ccc(C(F)(F)F)c(F)c1)Nc1c(Cl)ccc2c1CCN(S(=O)(=O)c1ccccc1)C2. The Morgan fingerprint density at radius 3 is 2.43 bits per heavy atom. The fourth-order valence-corrected chi connectivity index (χ4v) is 5.62. The molecule has 5 nitrogen and oxygen atoms in total. The van der Waals surface area contributed by atoms with E-state index < -0.39 is 33.5 Å². The molecule has 0 atom stereocenters. The van der Waals surface area contributed by atoms with Crippen LogP contribution < -0.4 is 5.32 Å². The smallest absolute Gasteiger partial charge is 0.324 e. The lowest BCUT2D eigenvalue weighted by atomic mass is 9.98. The van der Waals surface area contributed by atoms with E-state index in [1.807, 2.05) is 0 Å². The normalized spacial score (nSPS) is 14.4. The summed E-state index contributed by atoms with van der Waals surface area (Å²) in [5.41, 5.74) is 0.296. The van der Waals surface area contributed by atoms with Crippen LogP contribution in [0.5, 0.6) is 0 Å². The van der Waals surface area contributed by atoms with Crippen LogP contribution in [0.1, 0.15) is 22.3 Å². The van der Waals surface area contributed by atoms with Crippen molar-refractivity contribution in [2.24, 2.45) is 0 Å². The minimum absolute atomic E-state index is 0.0639. The molecular formula is C24H19ClF4N2O3S. The van der Waals surface area contributed by atoms with E-state index in [-0.39, 0.29) is 41.4 Å². The molecule has 0 saturated heterocycles. The molecule has 0 fully saturated rings. The van der Waals surface area contributed by atoms with Gasteiger partial charge in [-0.2, -0.15) is 17.5 Å². The van der Waals surface area contributed by atoms with Gasteiger partial charge in [-0.05, 0) is 53.4 Å². The first kappa shape index (κ1) is 25.2. The Morgan fingerprint density at radius 1 is 1.06 bits per heavy atom. The van der Waals surface area contributed by atoms with Gasteiger partial charge in [-0.25, -0.2) is 12.8 Å². The lowest BCUT2D eigenvalue weighted by Gasteiger charge is -2.30. The number of nitrogens with zero attached hydrogens (tertiary/aromatic N) is 1. The number of fused-ring (bicyclic) bond motifs is 1. The van der Waals surface area contributed by atoms with Crippen molar-refractivity contribution in [1.29, 1.82) is 0 Å². The molecular weight excluding hydrogens is 508 g/mol. The number of sulfonamides is 1. The van der Waals surface area contributed by atoms with Gasteiger partial charge in [0.25, 0.3) is 0 Å². The van der Waals surface area contributed by atoms with Crippen LogP contribution in [0.4, 0.5) is 23.2 Å². The number of anilines is 1. The lowest BCUT2D eigenvalue weighted by Crippen LogP contribution is -2.36. The molecule has 1 aliphatic rings. The van der Waals surface area contributed by atoms with Crippen molar-refractivity contribution >= 4 is 33.2 Å². The monoisotopic (exact) mass is 526 g/mol. The van der Waals surface area contributed by atoms with E-state index >= 15 is 0 Å². The van der Waals surface area contributed by atoms with Crippen LogP contribution in [0.25, 0.3) is 0 Å². The van der Waals surface area contributed by atoms with Gasteiger partial charge < -0.3 is 5.32 Å². The number of hydrogen-bond donors (Lipinski definition) is 1. The van der Waals surface area contributed by atoms with Gasteiger partial charge in [-0.15, -0.1) is 0 Å². The third-order valence-corrected chi connectivity index (χ3v) is 7.84. The van der Waals surface area contributed by atoms with E-state index in [1.165, 1.54) is 22.5 Å². The molecule has 0 saturated carbocycles. The van der Waals surface area contributed by atoms with E-state index in [1.54, 1.807) is 24.3 Å². The van der Waals surface area contributed by atoms with Crippen molar-refractivity contribution in [2.75, 3.05) is 11.9 Å². The number of rotatable bonds is 5.